The molecule has 0 bridgehead atoms. The minimum Gasteiger partial charge on any atom is -0.493 e. The van der Waals surface area contributed by atoms with Gasteiger partial charge in [-0.2, -0.15) is 5.10 Å². The first-order valence-electron chi connectivity index (χ1n) is 14.8. The van der Waals surface area contributed by atoms with Crippen LogP contribution in [-0.4, -0.2) is 57.0 Å². The van der Waals surface area contributed by atoms with Gasteiger partial charge in [0.05, 0.1) is 43.7 Å². The third-order valence-corrected chi connectivity index (χ3v) is 6.80. The molecule has 0 fully saturated rings. The van der Waals surface area contributed by atoms with Gasteiger partial charge in [0.1, 0.15) is 12.4 Å². The van der Waals surface area contributed by atoms with Gasteiger partial charge in [-0.25, -0.2) is 19.8 Å². The van der Waals surface area contributed by atoms with Gasteiger partial charge in [0.25, 0.3) is 5.91 Å². The quantitative estimate of drug-likeness (QED) is 0.133. The number of methoxy groups -OCH3 is 1. The average molecular weight is 645 g/mol. The normalized spacial score (nSPS) is 14.1. The van der Waals surface area contributed by atoms with Crippen LogP contribution in [0.15, 0.2) is 83.1 Å². The van der Waals surface area contributed by atoms with Crippen molar-refractivity contribution < 1.29 is 42.9 Å². The van der Waals surface area contributed by atoms with E-state index in [0.717, 1.165) is 11.1 Å². The zero-order valence-corrected chi connectivity index (χ0v) is 26.5. The van der Waals surface area contributed by atoms with Crippen molar-refractivity contribution in [2.75, 3.05) is 26.9 Å². The Hall–Kier alpha value is -5.85. The largest absolute Gasteiger partial charge is 0.493 e. The highest BCUT2D eigenvalue weighted by atomic mass is 16.5. The van der Waals surface area contributed by atoms with Gasteiger partial charge in [0.15, 0.2) is 18.1 Å². The summed E-state index contributed by atoms with van der Waals surface area (Å²) in [5.41, 5.74) is 5.72. The zero-order chi connectivity index (χ0) is 33.8. The predicted molar refractivity (Wildman–Crippen MR) is 171 cm³/mol. The van der Waals surface area contributed by atoms with E-state index in [4.69, 9.17) is 23.7 Å². The first-order valence-corrected chi connectivity index (χ1v) is 14.8. The lowest BCUT2D eigenvalue weighted by molar-refractivity contribution is -0.139. The van der Waals surface area contributed by atoms with E-state index in [-0.39, 0.29) is 30.5 Å². The number of hydrogen-bond donors (Lipinski definition) is 3. The summed E-state index contributed by atoms with van der Waals surface area (Å²) in [4.78, 5) is 48.9. The third kappa shape index (κ3) is 9.33. The van der Waals surface area contributed by atoms with Gasteiger partial charge >= 0.3 is 18.0 Å². The summed E-state index contributed by atoms with van der Waals surface area (Å²) in [6, 6.07) is 17.7. The summed E-state index contributed by atoms with van der Waals surface area (Å²) in [5, 5.41) is 9.29. The molecule has 3 aromatic carbocycles. The minimum absolute atomic E-state index is 0.179. The smallest absolute Gasteiger partial charge is 0.338 e. The van der Waals surface area contributed by atoms with Crippen LogP contribution in [0.5, 0.6) is 17.2 Å². The Labute approximate surface area is 271 Å². The molecule has 0 saturated heterocycles. The number of nitrogens with one attached hydrogen (secondary N) is 3. The fourth-order valence-electron chi connectivity index (χ4n) is 4.53. The number of carbonyl (C=O) groups is 4. The molecule has 3 N–H and O–H groups in total. The molecule has 1 atom stereocenters. The van der Waals surface area contributed by atoms with Crippen LogP contribution in [0.1, 0.15) is 53.9 Å². The third-order valence-electron chi connectivity index (χ3n) is 6.80. The number of hydrazone groups is 1. The van der Waals surface area contributed by atoms with Crippen molar-refractivity contribution in [3.8, 4) is 17.2 Å². The van der Waals surface area contributed by atoms with E-state index in [1.54, 1.807) is 75.4 Å². The lowest BCUT2D eigenvalue weighted by Crippen LogP contribution is -2.45. The van der Waals surface area contributed by atoms with E-state index in [0.29, 0.717) is 41.5 Å². The molecule has 0 spiro atoms. The molecule has 3 aromatic rings. The fraction of sp³-hybridized carbons (Fsp3) is 0.265. The topological polar surface area (TPSA) is 163 Å². The van der Waals surface area contributed by atoms with E-state index in [9.17, 15) is 19.2 Å². The number of hydrogen-bond acceptors (Lipinski definition) is 10. The van der Waals surface area contributed by atoms with Crippen molar-refractivity contribution in [3.63, 3.8) is 0 Å². The van der Waals surface area contributed by atoms with Gasteiger partial charge in [-0.15, -0.1) is 0 Å². The van der Waals surface area contributed by atoms with Gasteiger partial charge in [0.2, 0.25) is 0 Å². The number of urea groups is 1. The van der Waals surface area contributed by atoms with Crippen LogP contribution in [0.3, 0.4) is 0 Å². The maximum absolute atomic E-state index is 12.6. The molecule has 0 saturated carbocycles. The second kappa shape index (κ2) is 16.5. The van der Waals surface area contributed by atoms with Crippen molar-refractivity contribution in [1.82, 2.24) is 16.1 Å². The molecule has 13 heteroatoms. The number of esters is 2. The van der Waals surface area contributed by atoms with Crippen molar-refractivity contribution in [1.29, 1.82) is 0 Å². The van der Waals surface area contributed by atoms with E-state index < -0.39 is 23.9 Å². The molecule has 4 rings (SSSR count). The monoisotopic (exact) mass is 644 g/mol. The Bertz CT molecular complexity index is 1650. The van der Waals surface area contributed by atoms with Gasteiger partial charge in [-0.05, 0) is 86.0 Å². The van der Waals surface area contributed by atoms with E-state index >= 15 is 0 Å². The van der Waals surface area contributed by atoms with Crippen LogP contribution in [0, 0.1) is 0 Å². The zero-order valence-electron chi connectivity index (χ0n) is 26.5. The molecule has 1 aliphatic rings. The number of rotatable bonds is 14. The van der Waals surface area contributed by atoms with E-state index in [1.807, 2.05) is 12.1 Å². The van der Waals surface area contributed by atoms with Crippen LogP contribution < -0.4 is 30.3 Å². The molecular weight excluding hydrogens is 608 g/mol. The maximum atomic E-state index is 12.6. The Morgan fingerprint density at radius 1 is 0.894 bits per heavy atom. The summed E-state index contributed by atoms with van der Waals surface area (Å²) >= 11 is 0. The molecule has 0 aliphatic carbocycles. The summed E-state index contributed by atoms with van der Waals surface area (Å²) in [6.07, 6.45) is 1.48. The van der Waals surface area contributed by atoms with Gasteiger partial charge in [0, 0.05) is 5.70 Å². The molecule has 0 aromatic heterocycles. The molecule has 246 valence electrons. The Morgan fingerprint density at radius 2 is 1.60 bits per heavy atom. The average Bonchev–Trinajstić information content (AvgIpc) is 3.07. The number of nitrogens with zero attached hydrogens (tertiary/aromatic N) is 1. The molecule has 1 aliphatic heterocycles. The summed E-state index contributed by atoms with van der Waals surface area (Å²) in [6.45, 7) is 5.55. The predicted octanol–water partition coefficient (Wildman–Crippen LogP) is 4.17. The standard InChI is InChI=1S/C34H36N4O9/c1-5-44-32(40)24-11-7-23(8-12-24)19-46-26-14-9-22(10-15-26)18-35-38-29(39)20-47-27-16-13-25(17-28(27)43-4)31-30(33(41)45-6-2)21(3)36-34(42)37-31/h7-18,31H,5-6,19-20H2,1-4H3,(H,38,39)(H2,36,37,42)/b35-18+/t31-/m1/s1. The summed E-state index contributed by atoms with van der Waals surface area (Å²) in [7, 11) is 1.44. The number of amides is 3. The Balaban J connectivity index is 1.27. The first-order chi connectivity index (χ1) is 22.7. The summed E-state index contributed by atoms with van der Waals surface area (Å²) in [5.74, 6) is -0.212. The Morgan fingerprint density at radius 3 is 2.28 bits per heavy atom. The highest BCUT2D eigenvalue weighted by Crippen LogP contribution is 2.34. The molecule has 3 amide bonds. The van der Waals surface area contributed by atoms with Crippen LogP contribution in [-0.2, 0) is 25.7 Å². The van der Waals surface area contributed by atoms with Crippen molar-refractivity contribution >= 4 is 30.1 Å². The van der Waals surface area contributed by atoms with Gasteiger partial charge in [-0.1, -0.05) is 18.2 Å². The van der Waals surface area contributed by atoms with Crippen molar-refractivity contribution in [3.05, 3.63) is 100 Å². The van der Waals surface area contributed by atoms with E-state index in [1.165, 1.54) is 13.3 Å². The second-order valence-corrected chi connectivity index (χ2v) is 10.1. The number of allylic oxidation sites excluding steroid dienone is 1. The molecular formula is C34H36N4O9. The highest BCUT2D eigenvalue weighted by Gasteiger charge is 2.32. The molecule has 0 radical (unpaired) electrons. The molecule has 1 heterocycles. The van der Waals surface area contributed by atoms with Crippen LogP contribution in [0.25, 0.3) is 0 Å². The summed E-state index contributed by atoms with van der Waals surface area (Å²) < 4.78 is 27.1. The van der Waals surface area contributed by atoms with Crippen LogP contribution in [0.2, 0.25) is 0 Å². The van der Waals surface area contributed by atoms with Gasteiger partial charge < -0.3 is 34.3 Å². The van der Waals surface area contributed by atoms with E-state index in [2.05, 4.69) is 21.2 Å². The van der Waals surface area contributed by atoms with Crippen molar-refractivity contribution in [2.45, 2.75) is 33.4 Å². The second-order valence-electron chi connectivity index (χ2n) is 10.1. The molecule has 13 nitrogen and oxygen atoms in total. The Kier molecular flexibility index (Phi) is 11.9. The first kappa shape index (κ1) is 34.0. The van der Waals surface area contributed by atoms with Crippen LogP contribution >= 0.6 is 0 Å². The lowest BCUT2D eigenvalue weighted by atomic mass is 9.95. The lowest BCUT2D eigenvalue weighted by Gasteiger charge is -2.28. The fourth-order valence-corrected chi connectivity index (χ4v) is 4.53. The highest BCUT2D eigenvalue weighted by molar-refractivity contribution is 5.95. The number of benzene rings is 3. The maximum Gasteiger partial charge on any atom is 0.338 e. The number of ether oxygens (including phenoxy) is 5. The number of carbonyl (C=O) groups excluding carboxylic acids is 4. The molecule has 0 unspecified atom stereocenters. The SMILES string of the molecule is CCOC(=O)C1=C(C)NC(=O)N[C@@H]1c1ccc(OCC(=O)N/N=C/c2ccc(OCc3ccc(C(=O)OCC)cc3)cc2)c(OC)c1. The molecule has 47 heavy (non-hydrogen) atoms. The van der Waals surface area contributed by atoms with Crippen LogP contribution in [0.4, 0.5) is 4.79 Å². The van der Waals surface area contributed by atoms with Crippen molar-refractivity contribution in [2.24, 2.45) is 5.10 Å². The minimum atomic E-state index is -0.777. The van der Waals surface area contributed by atoms with Gasteiger partial charge in [-0.3, -0.25) is 4.79 Å².